The van der Waals surface area contributed by atoms with Gasteiger partial charge in [-0.2, -0.15) is 0 Å². The van der Waals surface area contributed by atoms with Crippen LogP contribution in [0, 0.1) is 17.0 Å². The number of carbonyl (C=O) groups excluding carboxylic acids is 1. The number of carbonyl (C=O) groups is 1. The van der Waals surface area contributed by atoms with E-state index in [0.717, 1.165) is 19.3 Å². The lowest BCUT2D eigenvalue weighted by atomic mass is 10.1. The molecule has 2 N–H and O–H groups in total. The fourth-order valence-corrected chi connectivity index (χ4v) is 1.77. The van der Waals surface area contributed by atoms with Crippen LogP contribution in [-0.2, 0) is 9.53 Å². The van der Waals surface area contributed by atoms with Crippen molar-refractivity contribution in [3.63, 3.8) is 0 Å². The normalized spacial score (nSPS) is 11.3. The summed E-state index contributed by atoms with van der Waals surface area (Å²) < 4.78 is 32.6. The van der Waals surface area contributed by atoms with Gasteiger partial charge in [-0.3, -0.25) is 0 Å². The van der Waals surface area contributed by atoms with E-state index >= 15 is 0 Å². The van der Waals surface area contributed by atoms with Crippen LogP contribution in [0.25, 0.3) is 11.8 Å². The molecule has 0 saturated heterocycles. The SMILES string of the molecule is COC(=O)/C(=C\c1cc(F)cc(F)c1O)n1ccc(=N)cc1. The summed E-state index contributed by atoms with van der Waals surface area (Å²) in [4.78, 5) is 11.9. The largest absolute Gasteiger partial charge is 0.504 e. The first-order valence-corrected chi connectivity index (χ1v) is 6.13. The number of aromatic nitrogens is 1. The highest BCUT2D eigenvalue weighted by molar-refractivity contribution is 6.15. The molecule has 0 saturated carbocycles. The number of halogens is 2. The third kappa shape index (κ3) is 3.20. The Morgan fingerprint density at radius 2 is 1.95 bits per heavy atom. The summed E-state index contributed by atoms with van der Waals surface area (Å²) in [6, 6.07) is 4.26. The van der Waals surface area contributed by atoms with E-state index in [-0.39, 0.29) is 16.6 Å². The van der Waals surface area contributed by atoms with Crippen molar-refractivity contribution in [1.29, 1.82) is 5.41 Å². The zero-order valence-corrected chi connectivity index (χ0v) is 11.5. The molecule has 0 fully saturated rings. The average molecular weight is 306 g/mol. The van der Waals surface area contributed by atoms with Gasteiger partial charge in [0.05, 0.1) is 12.5 Å². The Bertz CT molecular complexity index is 792. The van der Waals surface area contributed by atoms with E-state index in [0.29, 0.717) is 6.07 Å². The van der Waals surface area contributed by atoms with E-state index in [1.807, 2.05) is 0 Å². The molecule has 2 aromatic rings. The number of pyridine rings is 1. The number of hydrogen-bond acceptors (Lipinski definition) is 4. The van der Waals surface area contributed by atoms with Gasteiger partial charge in [-0.1, -0.05) is 0 Å². The highest BCUT2D eigenvalue weighted by atomic mass is 19.1. The fourth-order valence-electron chi connectivity index (χ4n) is 1.77. The second kappa shape index (κ2) is 6.21. The second-order valence-electron chi connectivity index (χ2n) is 4.34. The smallest absolute Gasteiger partial charge is 0.355 e. The van der Waals surface area contributed by atoms with E-state index in [4.69, 9.17) is 5.41 Å². The van der Waals surface area contributed by atoms with Crippen molar-refractivity contribution >= 4 is 17.7 Å². The molecule has 0 radical (unpaired) electrons. The first-order valence-electron chi connectivity index (χ1n) is 6.13. The van der Waals surface area contributed by atoms with Gasteiger partial charge in [0.25, 0.3) is 0 Å². The average Bonchev–Trinajstić information content (AvgIpc) is 2.49. The van der Waals surface area contributed by atoms with E-state index in [9.17, 15) is 18.7 Å². The Hall–Kier alpha value is -2.96. The Morgan fingerprint density at radius 1 is 1.32 bits per heavy atom. The maximum atomic E-state index is 13.4. The topological polar surface area (TPSA) is 75.3 Å². The van der Waals surface area contributed by atoms with E-state index in [1.54, 1.807) is 0 Å². The molecule has 0 aliphatic rings. The number of methoxy groups -OCH3 is 1. The van der Waals surface area contributed by atoms with Crippen LogP contribution < -0.4 is 5.36 Å². The molecular weight excluding hydrogens is 294 g/mol. The van der Waals surface area contributed by atoms with Gasteiger partial charge in [-0.15, -0.1) is 0 Å². The summed E-state index contributed by atoms with van der Waals surface area (Å²) >= 11 is 0. The number of ether oxygens (including phenoxy) is 1. The van der Waals surface area contributed by atoms with Gasteiger partial charge < -0.3 is 19.8 Å². The molecule has 7 heteroatoms. The molecule has 0 aliphatic heterocycles. The highest BCUT2D eigenvalue weighted by Crippen LogP contribution is 2.26. The van der Waals surface area contributed by atoms with Crippen molar-refractivity contribution in [3.8, 4) is 5.75 Å². The molecule has 22 heavy (non-hydrogen) atoms. The molecule has 1 aromatic carbocycles. The Balaban J connectivity index is 2.62. The lowest BCUT2D eigenvalue weighted by Gasteiger charge is -2.10. The second-order valence-corrected chi connectivity index (χ2v) is 4.34. The minimum absolute atomic E-state index is 0.0807. The molecule has 0 aliphatic carbocycles. The quantitative estimate of drug-likeness (QED) is 0.674. The number of rotatable bonds is 3. The van der Waals surface area contributed by atoms with Crippen LogP contribution in [0.1, 0.15) is 5.56 Å². The lowest BCUT2D eigenvalue weighted by Crippen LogP contribution is -2.12. The zero-order valence-electron chi connectivity index (χ0n) is 11.5. The van der Waals surface area contributed by atoms with Crippen molar-refractivity contribution in [1.82, 2.24) is 4.57 Å². The summed E-state index contributed by atoms with van der Waals surface area (Å²) in [5.41, 5.74) is -0.289. The van der Waals surface area contributed by atoms with E-state index < -0.39 is 23.4 Å². The number of aromatic hydroxyl groups is 1. The molecule has 5 nitrogen and oxygen atoms in total. The van der Waals surface area contributed by atoms with Gasteiger partial charge >= 0.3 is 5.97 Å². The van der Waals surface area contributed by atoms with Gasteiger partial charge in [0, 0.05) is 24.0 Å². The fraction of sp³-hybridized carbons (Fsp3) is 0.0667. The Morgan fingerprint density at radius 3 is 2.55 bits per heavy atom. The number of phenolic OH excluding ortho intramolecular Hbond substituents is 1. The van der Waals surface area contributed by atoms with Crippen molar-refractivity contribution in [3.05, 3.63) is 59.2 Å². The highest BCUT2D eigenvalue weighted by Gasteiger charge is 2.15. The van der Waals surface area contributed by atoms with Crippen LogP contribution in [0.2, 0.25) is 0 Å². The molecule has 1 aromatic heterocycles. The maximum absolute atomic E-state index is 13.4. The summed E-state index contributed by atoms with van der Waals surface area (Å²) in [7, 11) is 1.15. The predicted octanol–water partition coefficient (Wildman–Crippen LogP) is 2.12. The van der Waals surface area contributed by atoms with Crippen LogP contribution in [0.15, 0.2) is 36.7 Å². The van der Waals surface area contributed by atoms with Gasteiger partial charge in [0.2, 0.25) is 0 Å². The molecule has 0 amide bonds. The van der Waals surface area contributed by atoms with Crippen molar-refractivity contribution in [2.24, 2.45) is 0 Å². The molecule has 1 heterocycles. The van der Waals surface area contributed by atoms with Gasteiger partial charge in [-0.05, 0) is 24.3 Å². The number of nitrogens with one attached hydrogen (secondary N) is 1. The van der Waals surface area contributed by atoms with Gasteiger partial charge in [-0.25, -0.2) is 13.6 Å². The number of nitrogens with zero attached hydrogens (tertiary/aromatic N) is 1. The Labute approximate surface area is 124 Å². The van der Waals surface area contributed by atoms with E-state index in [1.165, 1.54) is 29.1 Å². The van der Waals surface area contributed by atoms with Crippen molar-refractivity contribution < 1.29 is 23.4 Å². The maximum Gasteiger partial charge on any atom is 0.355 e. The number of esters is 1. The summed E-state index contributed by atoms with van der Waals surface area (Å²) in [6.07, 6.45) is 3.92. The summed E-state index contributed by atoms with van der Waals surface area (Å²) in [6.45, 7) is 0. The first kappa shape index (κ1) is 15.4. The van der Waals surface area contributed by atoms with Crippen molar-refractivity contribution in [2.45, 2.75) is 0 Å². The van der Waals surface area contributed by atoms with Crippen LogP contribution in [0.4, 0.5) is 8.78 Å². The summed E-state index contributed by atoms with van der Waals surface area (Å²) in [5, 5.41) is 17.3. The number of benzene rings is 1. The predicted molar refractivity (Wildman–Crippen MR) is 74.5 cm³/mol. The third-order valence-corrected chi connectivity index (χ3v) is 2.85. The van der Waals surface area contributed by atoms with Crippen LogP contribution in [-0.4, -0.2) is 22.8 Å². The number of hydrogen-bond donors (Lipinski definition) is 2. The minimum Gasteiger partial charge on any atom is -0.504 e. The van der Waals surface area contributed by atoms with Crippen LogP contribution in [0.3, 0.4) is 0 Å². The third-order valence-electron chi connectivity index (χ3n) is 2.85. The molecule has 0 bridgehead atoms. The van der Waals surface area contributed by atoms with E-state index in [2.05, 4.69) is 4.74 Å². The van der Waals surface area contributed by atoms with Crippen LogP contribution >= 0.6 is 0 Å². The summed E-state index contributed by atoms with van der Waals surface area (Å²) in [5.74, 6) is -3.58. The zero-order chi connectivity index (χ0) is 16.3. The Kier molecular flexibility index (Phi) is 4.36. The molecular formula is C15H12F2N2O3. The first-order chi connectivity index (χ1) is 10.4. The van der Waals surface area contributed by atoms with Crippen molar-refractivity contribution in [2.75, 3.05) is 7.11 Å². The van der Waals surface area contributed by atoms with Gasteiger partial charge in [0.15, 0.2) is 11.6 Å². The molecule has 0 spiro atoms. The number of phenols is 1. The molecule has 0 atom stereocenters. The lowest BCUT2D eigenvalue weighted by molar-refractivity contribution is -0.134. The van der Waals surface area contributed by atoms with Crippen LogP contribution in [0.5, 0.6) is 5.75 Å². The standard InChI is InChI=1S/C15H12F2N2O3/c1-22-15(21)13(19-4-2-11(18)3-5-19)7-9-6-10(16)8-12(17)14(9)20/h2-8,18,20H,1H3/b13-7+. The van der Waals surface area contributed by atoms with Gasteiger partial charge in [0.1, 0.15) is 11.5 Å². The monoisotopic (exact) mass is 306 g/mol. The minimum atomic E-state index is -1.14. The molecule has 2 rings (SSSR count). The molecule has 0 unspecified atom stereocenters. The molecule has 114 valence electrons.